The summed E-state index contributed by atoms with van der Waals surface area (Å²) in [6, 6.07) is 12.7. The molecule has 0 bridgehead atoms. The van der Waals surface area contributed by atoms with Gasteiger partial charge in [-0.25, -0.2) is 26.0 Å². The van der Waals surface area contributed by atoms with Crippen LogP contribution in [0.15, 0.2) is 63.9 Å². The first-order valence-corrected chi connectivity index (χ1v) is 14.1. The van der Waals surface area contributed by atoms with Gasteiger partial charge in [-0.1, -0.05) is 35.3 Å². The van der Waals surface area contributed by atoms with E-state index in [0.29, 0.717) is 11.3 Å². The summed E-state index contributed by atoms with van der Waals surface area (Å²) in [5.74, 6) is -1.31. The van der Waals surface area contributed by atoms with Crippen LogP contribution in [-0.2, 0) is 32.0 Å². The van der Waals surface area contributed by atoms with Crippen LogP contribution < -0.4 is 0 Å². The summed E-state index contributed by atoms with van der Waals surface area (Å²) in [7, 11) is -3.77. The van der Waals surface area contributed by atoms with E-state index in [1.165, 1.54) is 28.6 Å². The Kier molecular flexibility index (Phi) is 5.94. The SMILES string of the molecule is O=S(=O)(c1ccc(F)cc1)N1CC2(C1)OCc1cc(C3=NSC(F)(c4cc(Cl)c(F)c(Cl)c4)C3)ccc12. The molecule has 1 spiro atoms. The van der Waals surface area contributed by atoms with Crippen LogP contribution >= 0.6 is 35.1 Å². The third-order valence-corrected chi connectivity index (χ3v) is 10.2. The molecule has 1 saturated heterocycles. The van der Waals surface area contributed by atoms with E-state index in [-0.39, 0.29) is 46.6 Å². The molecule has 3 aromatic carbocycles. The highest BCUT2D eigenvalue weighted by atomic mass is 35.5. The Morgan fingerprint density at radius 3 is 2.35 bits per heavy atom. The quantitative estimate of drug-likeness (QED) is 0.264. The zero-order chi connectivity index (χ0) is 26.2. The van der Waals surface area contributed by atoms with Crippen molar-refractivity contribution in [3.8, 4) is 0 Å². The average molecular weight is 585 g/mol. The van der Waals surface area contributed by atoms with Gasteiger partial charge in [-0.2, -0.15) is 4.31 Å². The minimum absolute atomic E-state index is 0.0208. The molecule has 192 valence electrons. The van der Waals surface area contributed by atoms with Crippen molar-refractivity contribution in [2.75, 3.05) is 13.1 Å². The lowest BCUT2D eigenvalue weighted by atomic mass is 9.86. The van der Waals surface area contributed by atoms with E-state index in [9.17, 15) is 17.2 Å². The Labute approximate surface area is 225 Å². The zero-order valence-electron chi connectivity index (χ0n) is 18.9. The van der Waals surface area contributed by atoms with Crippen molar-refractivity contribution < 1.29 is 26.3 Å². The molecular formula is C25H17Cl2F3N2O3S2. The summed E-state index contributed by atoms with van der Waals surface area (Å²) in [5, 5.41) is -2.47. The smallest absolute Gasteiger partial charge is 0.243 e. The first-order chi connectivity index (χ1) is 17.5. The maximum absolute atomic E-state index is 15.8. The van der Waals surface area contributed by atoms with Crippen molar-refractivity contribution in [3.63, 3.8) is 0 Å². The molecule has 0 radical (unpaired) electrons. The fourth-order valence-corrected chi connectivity index (χ4v) is 7.70. The Hall–Kier alpha value is -2.08. The molecule has 37 heavy (non-hydrogen) atoms. The van der Waals surface area contributed by atoms with E-state index >= 15 is 4.39 Å². The fraction of sp³-hybridized carbons (Fsp3) is 0.240. The molecule has 0 aromatic heterocycles. The van der Waals surface area contributed by atoms with Crippen LogP contribution in [0.2, 0.25) is 10.0 Å². The van der Waals surface area contributed by atoms with Gasteiger partial charge in [-0.3, -0.25) is 0 Å². The number of alkyl halides is 1. The highest BCUT2D eigenvalue weighted by molar-refractivity contribution is 7.99. The Morgan fingerprint density at radius 2 is 1.68 bits per heavy atom. The van der Waals surface area contributed by atoms with Gasteiger partial charge in [0.1, 0.15) is 11.4 Å². The summed E-state index contributed by atoms with van der Waals surface area (Å²) >= 11 is 12.4. The standard InChI is InChI=1S/C25H17Cl2F3N2O3S2/c26-20-8-16(9-21(27)23(20)29)25(30)10-22(31-36-25)14-1-6-19-15(7-14)11-35-24(19)12-32(13-24)37(33,34)18-4-2-17(28)3-5-18/h1-9H,10-13H2. The number of fused-ring (bicyclic) bond motifs is 2. The van der Waals surface area contributed by atoms with Gasteiger partial charge in [0.25, 0.3) is 0 Å². The number of sulfonamides is 1. The van der Waals surface area contributed by atoms with E-state index in [0.717, 1.165) is 35.2 Å². The molecule has 0 aliphatic carbocycles. The van der Waals surface area contributed by atoms with E-state index in [4.69, 9.17) is 27.9 Å². The zero-order valence-corrected chi connectivity index (χ0v) is 22.0. The van der Waals surface area contributed by atoms with E-state index in [1.54, 1.807) is 0 Å². The Morgan fingerprint density at radius 1 is 1.00 bits per heavy atom. The van der Waals surface area contributed by atoms with Gasteiger partial charge in [-0.15, -0.1) is 0 Å². The minimum Gasteiger partial charge on any atom is -0.363 e. The van der Waals surface area contributed by atoms with Crippen molar-refractivity contribution in [1.29, 1.82) is 0 Å². The van der Waals surface area contributed by atoms with Crippen LogP contribution in [0.4, 0.5) is 13.2 Å². The van der Waals surface area contributed by atoms with Crippen LogP contribution in [0.1, 0.15) is 28.7 Å². The summed E-state index contributed by atoms with van der Waals surface area (Å²) < 4.78 is 80.2. The maximum atomic E-state index is 15.8. The van der Waals surface area contributed by atoms with E-state index < -0.39 is 32.3 Å². The van der Waals surface area contributed by atoms with Gasteiger partial charge in [0, 0.05) is 37.0 Å². The topological polar surface area (TPSA) is 59.0 Å². The van der Waals surface area contributed by atoms with Crippen molar-refractivity contribution in [1.82, 2.24) is 4.31 Å². The number of ether oxygens (including phenoxy) is 1. The molecule has 0 saturated carbocycles. The Balaban J connectivity index is 1.20. The number of nitrogens with zero attached hydrogens (tertiary/aromatic N) is 2. The molecule has 1 fully saturated rings. The average Bonchev–Trinajstić information content (AvgIpc) is 3.43. The minimum atomic E-state index is -3.77. The number of hydrogen-bond donors (Lipinski definition) is 0. The van der Waals surface area contributed by atoms with Crippen LogP contribution in [0.25, 0.3) is 0 Å². The third kappa shape index (κ3) is 4.09. The van der Waals surface area contributed by atoms with E-state index in [1.807, 2.05) is 18.2 Å². The predicted octanol–water partition coefficient (Wildman–Crippen LogP) is 6.37. The second-order valence-corrected chi connectivity index (χ2v) is 12.9. The number of hydrogen-bond acceptors (Lipinski definition) is 5. The lowest BCUT2D eigenvalue weighted by Gasteiger charge is -2.46. The normalized spacial score (nSPS) is 22.7. The van der Waals surface area contributed by atoms with Crippen molar-refractivity contribution >= 4 is 50.9 Å². The number of benzene rings is 3. The van der Waals surface area contributed by atoms with Crippen LogP contribution in [0, 0.1) is 11.6 Å². The second kappa shape index (κ2) is 8.72. The van der Waals surface area contributed by atoms with Gasteiger partial charge >= 0.3 is 0 Å². The molecular weight excluding hydrogens is 568 g/mol. The van der Waals surface area contributed by atoms with Gasteiger partial charge in [-0.05, 0) is 59.2 Å². The number of halogens is 5. The molecule has 1 atom stereocenters. The molecule has 6 rings (SSSR count). The predicted molar refractivity (Wildman–Crippen MR) is 136 cm³/mol. The van der Waals surface area contributed by atoms with Crippen molar-refractivity contribution in [3.05, 3.63) is 98.5 Å². The molecule has 0 amide bonds. The van der Waals surface area contributed by atoms with E-state index in [2.05, 4.69) is 4.40 Å². The summed E-state index contributed by atoms with van der Waals surface area (Å²) in [6.07, 6.45) is -0.0650. The Bertz CT molecular complexity index is 1560. The second-order valence-electron chi connectivity index (χ2n) is 9.17. The van der Waals surface area contributed by atoms with Gasteiger partial charge in [0.05, 0.1) is 27.3 Å². The van der Waals surface area contributed by atoms with Gasteiger partial charge in [0.2, 0.25) is 15.0 Å². The first-order valence-electron chi connectivity index (χ1n) is 11.1. The number of rotatable bonds is 4. The molecule has 1 unspecified atom stereocenters. The first kappa shape index (κ1) is 25.2. The molecule has 3 aromatic rings. The molecule has 0 N–H and O–H groups in total. The molecule has 3 heterocycles. The maximum Gasteiger partial charge on any atom is 0.243 e. The lowest BCUT2D eigenvalue weighted by molar-refractivity contribution is -0.112. The molecule has 12 heteroatoms. The van der Waals surface area contributed by atoms with Crippen LogP contribution in [-0.4, -0.2) is 31.5 Å². The monoisotopic (exact) mass is 584 g/mol. The van der Waals surface area contributed by atoms with Crippen molar-refractivity contribution in [2.45, 2.75) is 28.5 Å². The van der Waals surface area contributed by atoms with Crippen LogP contribution in [0.5, 0.6) is 0 Å². The fourth-order valence-electron chi connectivity index (χ4n) is 4.83. The highest BCUT2D eigenvalue weighted by Crippen LogP contribution is 2.50. The lowest BCUT2D eigenvalue weighted by Crippen LogP contribution is -2.60. The summed E-state index contributed by atoms with van der Waals surface area (Å²) in [5.41, 5.74) is 2.33. The molecule has 5 nitrogen and oxygen atoms in total. The van der Waals surface area contributed by atoms with Crippen LogP contribution in [0.3, 0.4) is 0 Å². The summed E-state index contributed by atoms with van der Waals surface area (Å²) in [6.45, 7) is 0.545. The third-order valence-electron chi connectivity index (χ3n) is 6.86. The largest absolute Gasteiger partial charge is 0.363 e. The molecule has 3 aliphatic heterocycles. The summed E-state index contributed by atoms with van der Waals surface area (Å²) in [4.78, 5) is 0.0208. The highest BCUT2D eigenvalue weighted by Gasteiger charge is 2.54. The molecule has 3 aliphatic rings. The van der Waals surface area contributed by atoms with Crippen molar-refractivity contribution in [2.24, 2.45) is 4.40 Å². The van der Waals surface area contributed by atoms with Gasteiger partial charge in [0.15, 0.2) is 5.82 Å². The van der Waals surface area contributed by atoms with Gasteiger partial charge < -0.3 is 4.74 Å².